The fraction of sp³-hybridized carbons (Fsp3) is 0.375. The highest BCUT2D eigenvalue weighted by Gasteiger charge is 2.43. The zero-order chi connectivity index (χ0) is 22.2. The largest absolute Gasteiger partial charge is 0.452 e. The number of hydrogen-bond donors (Lipinski definition) is 3. The lowest BCUT2D eigenvalue weighted by atomic mass is 9.88. The SMILES string of the molecule is CCCCC[C@H](OC(=O)[C@@H]1C(=O)NC[C@@H]1c1ccccc1)C(=O)Nc1ccccc1S. The van der Waals surface area contributed by atoms with Crippen LogP contribution in [-0.2, 0) is 19.1 Å². The van der Waals surface area contributed by atoms with Gasteiger partial charge < -0.3 is 15.4 Å². The van der Waals surface area contributed by atoms with Crippen LogP contribution < -0.4 is 10.6 Å². The van der Waals surface area contributed by atoms with Gasteiger partial charge in [-0.25, -0.2) is 0 Å². The second kappa shape index (κ2) is 11.0. The van der Waals surface area contributed by atoms with Crippen molar-refractivity contribution in [1.82, 2.24) is 5.32 Å². The Balaban J connectivity index is 1.74. The number of benzene rings is 2. The third-order valence-corrected chi connectivity index (χ3v) is 5.84. The van der Waals surface area contributed by atoms with Gasteiger partial charge in [0.25, 0.3) is 5.91 Å². The molecule has 6 nitrogen and oxygen atoms in total. The minimum Gasteiger partial charge on any atom is -0.452 e. The first-order chi connectivity index (χ1) is 15.0. The number of thiol groups is 1. The number of para-hydroxylation sites is 1. The van der Waals surface area contributed by atoms with Gasteiger partial charge in [-0.15, -0.1) is 12.6 Å². The van der Waals surface area contributed by atoms with Gasteiger partial charge in [-0.2, -0.15) is 0 Å². The van der Waals surface area contributed by atoms with Crippen LogP contribution in [-0.4, -0.2) is 30.4 Å². The number of carbonyl (C=O) groups excluding carboxylic acids is 3. The number of esters is 1. The molecule has 7 heteroatoms. The number of unbranched alkanes of at least 4 members (excludes halogenated alkanes) is 2. The fourth-order valence-electron chi connectivity index (χ4n) is 3.73. The normalized spacial score (nSPS) is 18.8. The zero-order valence-electron chi connectivity index (χ0n) is 17.5. The Morgan fingerprint density at radius 3 is 2.55 bits per heavy atom. The summed E-state index contributed by atoms with van der Waals surface area (Å²) in [6, 6.07) is 16.5. The lowest BCUT2D eigenvalue weighted by Gasteiger charge is -2.22. The first-order valence-electron chi connectivity index (χ1n) is 10.6. The van der Waals surface area contributed by atoms with E-state index in [0.717, 1.165) is 24.8 Å². The number of nitrogens with one attached hydrogen (secondary N) is 2. The van der Waals surface area contributed by atoms with E-state index in [9.17, 15) is 14.4 Å². The molecule has 0 spiro atoms. The Hall–Kier alpha value is -2.80. The van der Waals surface area contributed by atoms with Gasteiger partial charge >= 0.3 is 5.97 Å². The van der Waals surface area contributed by atoms with Crippen LogP contribution in [0, 0.1) is 5.92 Å². The fourth-order valence-corrected chi connectivity index (χ4v) is 3.95. The van der Waals surface area contributed by atoms with Gasteiger partial charge in [-0.1, -0.05) is 62.2 Å². The van der Waals surface area contributed by atoms with Crippen LogP contribution in [0.4, 0.5) is 5.69 Å². The van der Waals surface area contributed by atoms with Gasteiger partial charge in [0.05, 0.1) is 5.69 Å². The molecule has 0 aliphatic carbocycles. The molecule has 1 fully saturated rings. The molecular formula is C24H28N2O4S. The van der Waals surface area contributed by atoms with E-state index < -0.39 is 23.9 Å². The average Bonchev–Trinajstić information content (AvgIpc) is 3.16. The molecule has 1 aliphatic rings. The molecule has 1 aliphatic heterocycles. The van der Waals surface area contributed by atoms with E-state index in [-0.39, 0.29) is 11.8 Å². The quantitative estimate of drug-likeness (QED) is 0.239. The van der Waals surface area contributed by atoms with E-state index in [1.165, 1.54) is 0 Å². The minimum absolute atomic E-state index is 0.321. The van der Waals surface area contributed by atoms with Crippen molar-refractivity contribution in [2.75, 3.05) is 11.9 Å². The smallest absolute Gasteiger partial charge is 0.319 e. The van der Waals surface area contributed by atoms with Crippen LogP contribution >= 0.6 is 12.6 Å². The van der Waals surface area contributed by atoms with E-state index in [2.05, 4.69) is 30.2 Å². The van der Waals surface area contributed by atoms with E-state index in [0.29, 0.717) is 23.5 Å². The van der Waals surface area contributed by atoms with Crippen molar-refractivity contribution in [3.63, 3.8) is 0 Å². The molecule has 1 saturated heterocycles. The number of hydrogen-bond acceptors (Lipinski definition) is 5. The topological polar surface area (TPSA) is 84.5 Å². The van der Waals surface area contributed by atoms with Crippen LogP contribution in [0.25, 0.3) is 0 Å². The van der Waals surface area contributed by atoms with Crippen molar-refractivity contribution < 1.29 is 19.1 Å². The lowest BCUT2D eigenvalue weighted by Crippen LogP contribution is -2.37. The molecule has 2 N–H and O–H groups in total. The molecule has 3 rings (SSSR count). The molecular weight excluding hydrogens is 412 g/mol. The number of amides is 2. The standard InChI is InChI=1S/C24H28N2O4S/c1-2-3-5-13-19(22(27)26-18-12-8-9-14-20(18)31)30-24(29)21-17(15-25-23(21)28)16-10-6-4-7-11-16/h4,6-12,14,17,19,21,31H,2-3,5,13,15H2,1H3,(H,25,28)(H,26,27)/t17-,19+,21+/m1/s1. The van der Waals surface area contributed by atoms with Crippen molar-refractivity contribution in [1.29, 1.82) is 0 Å². The van der Waals surface area contributed by atoms with E-state index in [1.54, 1.807) is 18.2 Å². The predicted molar refractivity (Wildman–Crippen MR) is 122 cm³/mol. The summed E-state index contributed by atoms with van der Waals surface area (Å²) >= 11 is 4.36. The van der Waals surface area contributed by atoms with Gasteiger partial charge in [0.1, 0.15) is 5.92 Å². The number of ether oxygens (including phenoxy) is 1. The van der Waals surface area contributed by atoms with Crippen molar-refractivity contribution in [2.24, 2.45) is 5.92 Å². The Labute approximate surface area is 188 Å². The Morgan fingerprint density at radius 1 is 1.13 bits per heavy atom. The van der Waals surface area contributed by atoms with Gasteiger partial charge in [0.15, 0.2) is 6.10 Å². The summed E-state index contributed by atoms with van der Waals surface area (Å²) in [4.78, 5) is 39.0. The second-order valence-corrected chi connectivity index (χ2v) is 8.15. The molecule has 0 unspecified atom stereocenters. The van der Waals surface area contributed by atoms with Crippen LogP contribution in [0.15, 0.2) is 59.5 Å². The highest BCUT2D eigenvalue weighted by molar-refractivity contribution is 7.80. The molecule has 2 amide bonds. The molecule has 2 aromatic rings. The van der Waals surface area contributed by atoms with Crippen LogP contribution in [0.1, 0.15) is 44.1 Å². The van der Waals surface area contributed by atoms with Crippen LogP contribution in [0.5, 0.6) is 0 Å². The molecule has 2 aromatic carbocycles. The Morgan fingerprint density at radius 2 is 1.84 bits per heavy atom. The summed E-state index contributed by atoms with van der Waals surface area (Å²) in [7, 11) is 0. The van der Waals surface area contributed by atoms with Gasteiger partial charge in [0, 0.05) is 17.4 Å². The number of anilines is 1. The molecule has 0 bridgehead atoms. The zero-order valence-corrected chi connectivity index (χ0v) is 18.4. The van der Waals surface area contributed by atoms with E-state index in [1.807, 2.05) is 36.4 Å². The third-order valence-electron chi connectivity index (χ3n) is 5.45. The monoisotopic (exact) mass is 440 g/mol. The number of carbonyl (C=O) groups is 3. The van der Waals surface area contributed by atoms with Gasteiger partial charge in [0.2, 0.25) is 5.91 Å². The highest BCUT2D eigenvalue weighted by Crippen LogP contribution is 2.30. The lowest BCUT2D eigenvalue weighted by molar-refractivity contribution is -0.160. The van der Waals surface area contributed by atoms with Gasteiger partial charge in [-0.3, -0.25) is 14.4 Å². The van der Waals surface area contributed by atoms with E-state index in [4.69, 9.17) is 4.74 Å². The molecule has 3 atom stereocenters. The highest BCUT2D eigenvalue weighted by atomic mass is 32.1. The maximum Gasteiger partial charge on any atom is 0.319 e. The molecule has 0 aromatic heterocycles. The van der Waals surface area contributed by atoms with Crippen LogP contribution in [0.2, 0.25) is 0 Å². The average molecular weight is 441 g/mol. The summed E-state index contributed by atoms with van der Waals surface area (Å²) in [6.45, 7) is 2.42. The first kappa shape index (κ1) is 22.9. The van der Waals surface area contributed by atoms with Gasteiger partial charge in [-0.05, 0) is 30.5 Å². The predicted octanol–water partition coefficient (Wildman–Crippen LogP) is 3.94. The summed E-state index contributed by atoms with van der Waals surface area (Å²) in [5.41, 5.74) is 1.44. The first-order valence-corrected chi connectivity index (χ1v) is 11.1. The molecule has 31 heavy (non-hydrogen) atoms. The third kappa shape index (κ3) is 5.88. The van der Waals surface area contributed by atoms with Crippen molar-refractivity contribution >= 4 is 36.1 Å². The molecule has 164 valence electrons. The number of rotatable bonds is 9. The van der Waals surface area contributed by atoms with Crippen molar-refractivity contribution in [3.8, 4) is 0 Å². The Kier molecular flexibility index (Phi) is 8.12. The summed E-state index contributed by atoms with van der Waals surface area (Å²) in [5, 5.41) is 5.54. The Bertz CT molecular complexity index is 919. The van der Waals surface area contributed by atoms with Crippen molar-refractivity contribution in [3.05, 3.63) is 60.2 Å². The second-order valence-electron chi connectivity index (χ2n) is 7.67. The maximum absolute atomic E-state index is 13.0. The summed E-state index contributed by atoms with van der Waals surface area (Å²) in [5.74, 6) is -2.74. The summed E-state index contributed by atoms with van der Waals surface area (Å²) in [6.07, 6.45) is 2.05. The molecule has 0 saturated carbocycles. The maximum atomic E-state index is 13.0. The minimum atomic E-state index is -0.975. The molecule has 0 radical (unpaired) electrons. The van der Waals surface area contributed by atoms with Crippen LogP contribution in [0.3, 0.4) is 0 Å². The summed E-state index contributed by atoms with van der Waals surface area (Å²) < 4.78 is 5.64. The van der Waals surface area contributed by atoms with E-state index >= 15 is 0 Å². The molecule has 1 heterocycles. The van der Waals surface area contributed by atoms with Crippen molar-refractivity contribution in [2.45, 2.75) is 49.5 Å².